The van der Waals surface area contributed by atoms with Gasteiger partial charge in [-0.25, -0.2) is 0 Å². The Labute approximate surface area is 91.2 Å². The van der Waals surface area contributed by atoms with Gasteiger partial charge in [0.25, 0.3) is 0 Å². The second kappa shape index (κ2) is 3.21. The van der Waals surface area contributed by atoms with E-state index in [-0.39, 0.29) is 5.54 Å². The van der Waals surface area contributed by atoms with Crippen LogP contribution in [0.5, 0.6) is 0 Å². The molecular weight excluding hydrogens is 188 g/mol. The minimum atomic E-state index is -0.0942. The highest BCUT2D eigenvalue weighted by Crippen LogP contribution is 2.42. The van der Waals surface area contributed by atoms with E-state index >= 15 is 0 Å². The zero-order valence-electron chi connectivity index (χ0n) is 9.46. The second-order valence-electron chi connectivity index (χ2n) is 5.61. The van der Waals surface area contributed by atoms with Crippen molar-refractivity contribution >= 4 is 5.91 Å². The highest BCUT2D eigenvalue weighted by Gasteiger charge is 2.56. The Kier molecular flexibility index (Phi) is 2.06. The lowest BCUT2D eigenvalue weighted by Gasteiger charge is -2.33. The molecule has 0 radical (unpaired) electrons. The Morgan fingerprint density at radius 3 is 2.47 bits per heavy atom. The van der Waals surface area contributed by atoms with Crippen molar-refractivity contribution in [2.75, 3.05) is 6.67 Å². The molecule has 0 aromatic carbocycles. The Balaban J connectivity index is 1.66. The number of nitrogens with zero attached hydrogens (tertiary/aromatic N) is 1. The van der Waals surface area contributed by atoms with Crippen LogP contribution >= 0.6 is 0 Å². The molecule has 0 bridgehead atoms. The first-order valence-corrected chi connectivity index (χ1v) is 6.27. The third-order valence-electron chi connectivity index (χ3n) is 4.43. The van der Waals surface area contributed by atoms with E-state index in [4.69, 9.17) is 0 Å². The highest BCUT2D eigenvalue weighted by atomic mass is 16.2. The van der Waals surface area contributed by atoms with Gasteiger partial charge >= 0.3 is 0 Å². The van der Waals surface area contributed by atoms with Crippen LogP contribution < -0.4 is 5.32 Å². The third-order valence-corrected chi connectivity index (χ3v) is 4.43. The summed E-state index contributed by atoms with van der Waals surface area (Å²) in [5, 5.41) is 3.39. The van der Waals surface area contributed by atoms with Crippen LogP contribution in [0.3, 0.4) is 0 Å². The summed E-state index contributed by atoms with van der Waals surface area (Å²) < 4.78 is 0. The monoisotopic (exact) mass is 208 g/mol. The lowest BCUT2D eigenvalue weighted by Crippen LogP contribution is -2.41. The summed E-state index contributed by atoms with van der Waals surface area (Å²) in [6.07, 6.45) is 7.13. The Hall–Kier alpha value is -0.570. The van der Waals surface area contributed by atoms with Gasteiger partial charge in [-0.3, -0.25) is 10.1 Å². The van der Waals surface area contributed by atoms with E-state index in [0.717, 1.165) is 25.4 Å². The van der Waals surface area contributed by atoms with Crippen LogP contribution in [-0.2, 0) is 4.79 Å². The molecule has 3 fully saturated rings. The zero-order valence-corrected chi connectivity index (χ0v) is 9.46. The maximum absolute atomic E-state index is 12.1. The number of nitrogens with one attached hydrogen (secondary N) is 1. The number of hydrogen-bond donors (Lipinski definition) is 1. The van der Waals surface area contributed by atoms with Gasteiger partial charge in [-0.05, 0) is 44.4 Å². The van der Waals surface area contributed by atoms with Gasteiger partial charge in [0, 0.05) is 6.04 Å². The zero-order chi connectivity index (χ0) is 10.5. The smallest absolute Gasteiger partial charge is 0.244 e. The van der Waals surface area contributed by atoms with Gasteiger partial charge in [0.15, 0.2) is 0 Å². The lowest BCUT2D eigenvalue weighted by molar-refractivity contribution is -0.132. The predicted octanol–water partition coefficient (Wildman–Crippen LogP) is 1.49. The number of carbonyl (C=O) groups is 1. The highest BCUT2D eigenvalue weighted by molar-refractivity contribution is 5.91. The Bertz CT molecular complexity index is 277. The van der Waals surface area contributed by atoms with Gasteiger partial charge in [0.1, 0.15) is 0 Å². The number of carbonyl (C=O) groups excluding carboxylic acids is 1. The number of rotatable bonds is 1. The Morgan fingerprint density at radius 2 is 1.93 bits per heavy atom. The largest absolute Gasteiger partial charge is 0.325 e. The van der Waals surface area contributed by atoms with Crippen LogP contribution in [0.25, 0.3) is 0 Å². The lowest BCUT2D eigenvalue weighted by atomic mass is 9.86. The normalized spacial score (nSPS) is 38.7. The minimum Gasteiger partial charge on any atom is -0.325 e. The summed E-state index contributed by atoms with van der Waals surface area (Å²) >= 11 is 0. The summed E-state index contributed by atoms with van der Waals surface area (Å²) in [4.78, 5) is 14.2. The van der Waals surface area contributed by atoms with Crippen molar-refractivity contribution in [2.45, 2.75) is 57.0 Å². The predicted molar refractivity (Wildman–Crippen MR) is 58.2 cm³/mol. The molecule has 1 spiro atoms. The molecule has 0 aromatic rings. The summed E-state index contributed by atoms with van der Waals surface area (Å²) in [5.41, 5.74) is -0.0942. The molecular formula is C12H20N2O. The van der Waals surface area contributed by atoms with Crippen LogP contribution in [-0.4, -0.2) is 29.1 Å². The van der Waals surface area contributed by atoms with Crippen molar-refractivity contribution in [1.82, 2.24) is 10.2 Å². The molecule has 1 heterocycles. The van der Waals surface area contributed by atoms with E-state index < -0.39 is 0 Å². The fraction of sp³-hybridized carbons (Fsp3) is 0.917. The number of hydrogen-bond acceptors (Lipinski definition) is 2. The molecule has 3 aliphatic rings. The summed E-state index contributed by atoms with van der Waals surface area (Å²) in [6.45, 7) is 3.13. The van der Waals surface area contributed by atoms with Crippen LogP contribution in [0.1, 0.15) is 45.4 Å². The van der Waals surface area contributed by atoms with Gasteiger partial charge in [-0.15, -0.1) is 0 Å². The van der Waals surface area contributed by atoms with Crippen molar-refractivity contribution in [3.8, 4) is 0 Å². The fourth-order valence-corrected chi connectivity index (χ4v) is 3.02. The van der Waals surface area contributed by atoms with E-state index in [1.54, 1.807) is 0 Å². The quantitative estimate of drug-likeness (QED) is 0.708. The average molecular weight is 208 g/mol. The first-order chi connectivity index (χ1) is 7.21. The first-order valence-electron chi connectivity index (χ1n) is 6.27. The molecule has 3 nitrogen and oxygen atoms in total. The second-order valence-corrected chi connectivity index (χ2v) is 5.61. The maximum Gasteiger partial charge on any atom is 0.244 e. The fourth-order valence-electron chi connectivity index (χ4n) is 3.02. The standard InChI is InChI=1S/C12H20N2O/c1-9-2-4-10(5-3-9)14-8-13-12(6-7-12)11(14)15/h9-10,13H,2-8H2,1H3. The Morgan fingerprint density at radius 1 is 1.27 bits per heavy atom. The van der Waals surface area contributed by atoms with Crippen LogP contribution in [0.4, 0.5) is 0 Å². The molecule has 2 saturated carbocycles. The van der Waals surface area contributed by atoms with E-state index in [2.05, 4.69) is 17.1 Å². The molecule has 1 saturated heterocycles. The van der Waals surface area contributed by atoms with E-state index in [0.29, 0.717) is 11.9 Å². The molecule has 1 N–H and O–H groups in total. The molecule has 3 rings (SSSR count). The summed E-state index contributed by atoms with van der Waals surface area (Å²) in [6, 6.07) is 0.529. The van der Waals surface area contributed by atoms with Crippen LogP contribution in [0.2, 0.25) is 0 Å². The summed E-state index contributed by atoms with van der Waals surface area (Å²) in [5.74, 6) is 1.25. The van der Waals surface area contributed by atoms with Crippen molar-refractivity contribution in [3.63, 3.8) is 0 Å². The van der Waals surface area contributed by atoms with E-state index in [9.17, 15) is 4.79 Å². The van der Waals surface area contributed by atoms with Gasteiger partial charge in [-0.1, -0.05) is 6.92 Å². The first kappa shape index (κ1) is 9.64. The minimum absolute atomic E-state index is 0.0942. The molecule has 0 unspecified atom stereocenters. The third kappa shape index (κ3) is 1.48. The topological polar surface area (TPSA) is 32.3 Å². The molecule has 15 heavy (non-hydrogen) atoms. The SMILES string of the molecule is CC1CCC(N2CNC3(CC3)C2=O)CC1. The maximum atomic E-state index is 12.1. The van der Waals surface area contributed by atoms with Gasteiger partial charge in [-0.2, -0.15) is 0 Å². The molecule has 3 heteroatoms. The van der Waals surface area contributed by atoms with Gasteiger partial charge in [0.2, 0.25) is 5.91 Å². The van der Waals surface area contributed by atoms with Crippen molar-refractivity contribution in [1.29, 1.82) is 0 Å². The average Bonchev–Trinajstić information content (AvgIpc) is 2.94. The van der Waals surface area contributed by atoms with Crippen molar-refractivity contribution in [3.05, 3.63) is 0 Å². The van der Waals surface area contributed by atoms with E-state index in [1.165, 1.54) is 25.7 Å². The van der Waals surface area contributed by atoms with Crippen molar-refractivity contribution < 1.29 is 4.79 Å². The van der Waals surface area contributed by atoms with Crippen LogP contribution in [0.15, 0.2) is 0 Å². The van der Waals surface area contributed by atoms with Gasteiger partial charge in [0.05, 0.1) is 12.2 Å². The molecule has 84 valence electrons. The number of amides is 1. The van der Waals surface area contributed by atoms with E-state index in [1.807, 2.05) is 0 Å². The molecule has 0 atom stereocenters. The molecule has 1 aliphatic heterocycles. The molecule has 0 aromatic heterocycles. The molecule has 2 aliphatic carbocycles. The van der Waals surface area contributed by atoms with Crippen molar-refractivity contribution in [2.24, 2.45) is 5.92 Å². The summed E-state index contributed by atoms with van der Waals surface area (Å²) in [7, 11) is 0. The van der Waals surface area contributed by atoms with Crippen LogP contribution in [0, 0.1) is 5.92 Å². The molecule has 1 amide bonds. The van der Waals surface area contributed by atoms with Gasteiger partial charge < -0.3 is 4.90 Å².